The van der Waals surface area contributed by atoms with Gasteiger partial charge in [0, 0.05) is 5.39 Å². The summed E-state index contributed by atoms with van der Waals surface area (Å²) in [5, 5.41) is 11.6. The maximum absolute atomic E-state index is 10.5. The van der Waals surface area contributed by atoms with Crippen molar-refractivity contribution in [3.05, 3.63) is 77.5 Å². The number of fused-ring (bicyclic) bond motifs is 1. The first-order valence-electron chi connectivity index (χ1n) is 7.29. The van der Waals surface area contributed by atoms with Gasteiger partial charge in [0.25, 0.3) is 0 Å². The molecule has 0 amide bonds. The first-order chi connectivity index (χ1) is 10.1. The molecule has 0 radical (unpaired) electrons. The maximum atomic E-state index is 10.5. The summed E-state index contributed by atoms with van der Waals surface area (Å²) in [6, 6.07) is 20.0. The zero-order valence-corrected chi connectivity index (χ0v) is 12.3. The van der Waals surface area contributed by atoms with Crippen LogP contribution in [0.25, 0.3) is 10.9 Å². The number of hydrogen-bond donors (Lipinski definition) is 1. The fourth-order valence-corrected chi connectivity index (χ4v) is 2.47. The molecule has 106 valence electrons. The van der Waals surface area contributed by atoms with E-state index in [0.29, 0.717) is 11.6 Å². The Hall–Kier alpha value is -2.19. The van der Waals surface area contributed by atoms with E-state index in [-0.39, 0.29) is 0 Å². The molecule has 0 saturated heterocycles. The summed E-state index contributed by atoms with van der Waals surface area (Å²) in [5.41, 5.74) is 3.75. The summed E-state index contributed by atoms with van der Waals surface area (Å²) >= 11 is 0. The molecule has 2 nitrogen and oxygen atoms in total. The fraction of sp³-hybridized carbons (Fsp3) is 0.211. The zero-order chi connectivity index (χ0) is 14.8. The molecule has 0 aliphatic rings. The molecule has 0 spiro atoms. The lowest BCUT2D eigenvalue weighted by Crippen LogP contribution is -2.02. The minimum Gasteiger partial charge on any atom is -0.382 e. The van der Waals surface area contributed by atoms with Crippen LogP contribution >= 0.6 is 0 Å². The average molecular weight is 277 g/mol. The van der Waals surface area contributed by atoms with Gasteiger partial charge in [-0.1, -0.05) is 62.4 Å². The van der Waals surface area contributed by atoms with Gasteiger partial charge in [0.15, 0.2) is 0 Å². The molecule has 2 aromatic carbocycles. The Kier molecular flexibility index (Phi) is 3.72. The van der Waals surface area contributed by atoms with Gasteiger partial charge in [0.05, 0.1) is 11.2 Å². The second kappa shape index (κ2) is 5.66. The molecule has 1 heterocycles. The minimum atomic E-state index is -0.684. The van der Waals surface area contributed by atoms with Gasteiger partial charge in [-0.05, 0) is 29.2 Å². The molecule has 1 aromatic heterocycles. The van der Waals surface area contributed by atoms with Crippen LogP contribution in [0.15, 0.2) is 60.7 Å². The van der Waals surface area contributed by atoms with Crippen molar-refractivity contribution in [3.63, 3.8) is 0 Å². The first kappa shape index (κ1) is 13.8. The monoisotopic (exact) mass is 277 g/mol. The number of aliphatic hydroxyl groups excluding tert-OH is 1. The van der Waals surface area contributed by atoms with Crippen LogP contribution in [0.5, 0.6) is 0 Å². The quantitative estimate of drug-likeness (QED) is 0.767. The highest BCUT2D eigenvalue weighted by molar-refractivity contribution is 5.78. The van der Waals surface area contributed by atoms with Gasteiger partial charge < -0.3 is 5.11 Å². The van der Waals surface area contributed by atoms with Crippen molar-refractivity contribution in [2.45, 2.75) is 25.9 Å². The predicted octanol–water partition coefficient (Wildman–Crippen LogP) is 4.44. The van der Waals surface area contributed by atoms with Crippen molar-refractivity contribution in [1.82, 2.24) is 4.98 Å². The third-order valence-electron chi connectivity index (χ3n) is 3.82. The lowest BCUT2D eigenvalue weighted by Gasteiger charge is -2.13. The summed E-state index contributed by atoms with van der Waals surface area (Å²) in [4.78, 5) is 4.56. The number of benzene rings is 2. The molecule has 0 fully saturated rings. The standard InChI is InChI=1S/C19H19NO/c1-13(2)14-7-9-16(10-8-14)19(21)18-12-11-15-5-3-4-6-17(15)20-18/h3-13,19,21H,1-2H3. The molecule has 3 rings (SSSR count). The van der Waals surface area contributed by atoms with Crippen LogP contribution in [0.1, 0.15) is 42.7 Å². The Morgan fingerprint density at radius 1 is 0.810 bits per heavy atom. The molecule has 1 unspecified atom stereocenters. The Balaban J connectivity index is 1.93. The highest BCUT2D eigenvalue weighted by Gasteiger charge is 2.12. The molecule has 0 bridgehead atoms. The molecule has 1 atom stereocenters. The number of aliphatic hydroxyl groups is 1. The van der Waals surface area contributed by atoms with E-state index in [1.807, 2.05) is 48.5 Å². The minimum absolute atomic E-state index is 0.495. The van der Waals surface area contributed by atoms with Gasteiger partial charge in [-0.25, -0.2) is 4.98 Å². The van der Waals surface area contributed by atoms with E-state index in [1.54, 1.807) is 0 Å². The summed E-state index contributed by atoms with van der Waals surface area (Å²) in [6.45, 7) is 4.33. The second-order valence-corrected chi connectivity index (χ2v) is 5.65. The van der Waals surface area contributed by atoms with Crippen LogP contribution in [0, 0.1) is 0 Å². The van der Waals surface area contributed by atoms with E-state index in [0.717, 1.165) is 16.5 Å². The lowest BCUT2D eigenvalue weighted by atomic mass is 9.98. The van der Waals surface area contributed by atoms with E-state index in [2.05, 4.69) is 31.0 Å². The lowest BCUT2D eigenvalue weighted by molar-refractivity contribution is 0.215. The number of aromatic nitrogens is 1. The number of nitrogens with zero attached hydrogens (tertiary/aromatic N) is 1. The number of rotatable bonds is 3. The Morgan fingerprint density at radius 2 is 1.48 bits per heavy atom. The van der Waals surface area contributed by atoms with Crippen LogP contribution in [0.2, 0.25) is 0 Å². The third kappa shape index (κ3) is 2.81. The summed E-state index contributed by atoms with van der Waals surface area (Å²) < 4.78 is 0. The Labute approximate surface area is 125 Å². The molecule has 3 aromatic rings. The van der Waals surface area contributed by atoms with Crippen LogP contribution < -0.4 is 0 Å². The van der Waals surface area contributed by atoms with Gasteiger partial charge in [-0.2, -0.15) is 0 Å². The summed E-state index contributed by atoms with van der Waals surface area (Å²) in [5.74, 6) is 0.495. The van der Waals surface area contributed by atoms with Crippen molar-refractivity contribution in [1.29, 1.82) is 0 Å². The molecule has 0 aliphatic carbocycles. The maximum Gasteiger partial charge on any atom is 0.121 e. The van der Waals surface area contributed by atoms with Crippen LogP contribution in [-0.2, 0) is 0 Å². The smallest absolute Gasteiger partial charge is 0.121 e. The Morgan fingerprint density at radius 3 is 2.19 bits per heavy atom. The molecule has 0 saturated carbocycles. The van der Waals surface area contributed by atoms with Crippen LogP contribution in [-0.4, -0.2) is 10.1 Å². The molecule has 1 N–H and O–H groups in total. The highest BCUT2D eigenvalue weighted by atomic mass is 16.3. The van der Waals surface area contributed by atoms with Crippen LogP contribution in [0.3, 0.4) is 0 Å². The van der Waals surface area contributed by atoms with Gasteiger partial charge in [0.1, 0.15) is 6.10 Å². The summed E-state index contributed by atoms with van der Waals surface area (Å²) in [7, 11) is 0. The van der Waals surface area contributed by atoms with Crippen molar-refractivity contribution in [2.24, 2.45) is 0 Å². The van der Waals surface area contributed by atoms with E-state index >= 15 is 0 Å². The molecule has 21 heavy (non-hydrogen) atoms. The second-order valence-electron chi connectivity index (χ2n) is 5.65. The van der Waals surface area contributed by atoms with Crippen molar-refractivity contribution in [3.8, 4) is 0 Å². The number of para-hydroxylation sites is 1. The topological polar surface area (TPSA) is 33.1 Å². The third-order valence-corrected chi connectivity index (χ3v) is 3.82. The average Bonchev–Trinajstić information content (AvgIpc) is 2.54. The largest absolute Gasteiger partial charge is 0.382 e. The van der Waals surface area contributed by atoms with E-state index in [9.17, 15) is 5.11 Å². The molecular weight excluding hydrogens is 258 g/mol. The van der Waals surface area contributed by atoms with Gasteiger partial charge in [-0.15, -0.1) is 0 Å². The van der Waals surface area contributed by atoms with Gasteiger partial charge in [0.2, 0.25) is 0 Å². The van der Waals surface area contributed by atoms with Gasteiger partial charge in [-0.3, -0.25) is 0 Å². The van der Waals surface area contributed by atoms with E-state index in [1.165, 1.54) is 5.56 Å². The zero-order valence-electron chi connectivity index (χ0n) is 12.3. The van der Waals surface area contributed by atoms with Crippen molar-refractivity contribution < 1.29 is 5.11 Å². The van der Waals surface area contributed by atoms with Crippen molar-refractivity contribution in [2.75, 3.05) is 0 Å². The fourth-order valence-electron chi connectivity index (χ4n) is 2.47. The van der Waals surface area contributed by atoms with E-state index in [4.69, 9.17) is 0 Å². The van der Waals surface area contributed by atoms with Crippen molar-refractivity contribution >= 4 is 10.9 Å². The SMILES string of the molecule is CC(C)c1ccc(C(O)c2ccc3ccccc3n2)cc1. The molecular formula is C19H19NO. The predicted molar refractivity (Wildman–Crippen MR) is 86.3 cm³/mol. The number of hydrogen-bond acceptors (Lipinski definition) is 2. The first-order valence-corrected chi connectivity index (χ1v) is 7.29. The van der Waals surface area contributed by atoms with Crippen LogP contribution in [0.4, 0.5) is 0 Å². The normalized spacial score (nSPS) is 12.8. The molecule has 0 aliphatic heterocycles. The Bertz CT molecular complexity index is 747. The van der Waals surface area contributed by atoms with Gasteiger partial charge >= 0.3 is 0 Å². The highest BCUT2D eigenvalue weighted by Crippen LogP contribution is 2.24. The molecule has 2 heteroatoms. The number of pyridine rings is 1. The summed E-state index contributed by atoms with van der Waals surface area (Å²) in [6.07, 6.45) is -0.684. The van der Waals surface area contributed by atoms with E-state index < -0.39 is 6.10 Å².